The first-order valence-electron chi connectivity index (χ1n) is 13.3. The fourth-order valence-electron chi connectivity index (χ4n) is 4.53. The highest BCUT2D eigenvalue weighted by Crippen LogP contribution is 2.71. The van der Waals surface area contributed by atoms with Crippen molar-refractivity contribution in [2.45, 2.75) is 41.5 Å². The lowest BCUT2D eigenvalue weighted by atomic mass is 10.1. The molecule has 0 saturated heterocycles. The molecule has 234 valence electrons. The van der Waals surface area contributed by atoms with Crippen molar-refractivity contribution in [2.75, 3.05) is 25.0 Å². The van der Waals surface area contributed by atoms with E-state index >= 15 is 0 Å². The molecule has 5 heterocycles. The number of thioether (sulfide) groups is 14. The lowest BCUT2D eigenvalue weighted by molar-refractivity contribution is 1.57. The smallest absolute Gasteiger partial charge is 0.0657 e. The minimum atomic E-state index is 1.43. The molecule has 14 heteroatoms. The third kappa shape index (κ3) is 6.83. The van der Waals surface area contributed by atoms with Gasteiger partial charge in [0.05, 0.1) is 38.1 Å². The molecule has 0 amide bonds. The van der Waals surface area contributed by atoms with Gasteiger partial charge in [-0.3, -0.25) is 0 Å². The Kier molecular flexibility index (Phi) is 12.5. The van der Waals surface area contributed by atoms with E-state index in [1.165, 1.54) is 95.4 Å². The van der Waals surface area contributed by atoms with Crippen molar-refractivity contribution < 1.29 is 0 Å². The molecular weight excluding hydrogens is 809 g/mol. The van der Waals surface area contributed by atoms with Crippen molar-refractivity contribution in [3.63, 3.8) is 0 Å². The number of hydrogen-bond acceptors (Lipinski definition) is 14. The second-order valence-electron chi connectivity index (χ2n) is 9.64. The van der Waals surface area contributed by atoms with E-state index < -0.39 is 0 Å². The van der Waals surface area contributed by atoms with Crippen LogP contribution in [0.2, 0.25) is 0 Å². The van der Waals surface area contributed by atoms with Gasteiger partial charge in [0.2, 0.25) is 0 Å². The average molecular weight is 840 g/mol. The monoisotopic (exact) mass is 838 g/mol. The predicted octanol–water partition coefficient (Wildman–Crippen LogP) is 15.9. The van der Waals surface area contributed by atoms with Gasteiger partial charge in [0.15, 0.2) is 0 Å². The fraction of sp³-hybridized carbons (Fsp3) is 0.333. The van der Waals surface area contributed by atoms with Crippen LogP contribution >= 0.6 is 165 Å². The Morgan fingerprint density at radius 1 is 0.273 bits per heavy atom. The molecule has 6 aliphatic rings. The number of hydrogen-bond donors (Lipinski definition) is 0. The van der Waals surface area contributed by atoms with Crippen LogP contribution in [0.4, 0.5) is 0 Å². The van der Waals surface area contributed by atoms with Gasteiger partial charge < -0.3 is 0 Å². The maximum Gasteiger partial charge on any atom is 0.0657 e. The molecule has 1 fully saturated rings. The summed E-state index contributed by atoms with van der Waals surface area (Å²) in [5.74, 6) is 0. The van der Waals surface area contributed by atoms with E-state index in [9.17, 15) is 0 Å². The van der Waals surface area contributed by atoms with Crippen molar-refractivity contribution in [3.8, 4) is 0 Å². The molecule has 0 radical (unpaired) electrons. The topological polar surface area (TPSA) is 0 Å². The van der Waals surface area contributed by atoms with Crippen LogP contribution in [-0.2, 0) is 0 Å². The highest BCUT2D eigenvalue weighted by atomic mass is 32.3. The van der Waals surface area contributed by atoms with E-state index in [1.54, 1.807) is 0 Å². The Morgan fingerprint density at radius 2 is 0.432 bits per heavy atom. The summed E-state index contributed by atoms with van der Waals surface area (Å²) < 4.78 is 12.9. The summed E-state index contributed by atoms with van der Waals surface area (Å²) in [6.07, 6.45) is 8.92. The molecule has 6 rings (SSSR count). The molecule has 44 heavy (non-hydrogen) atoms. The molecule has 0 unspecified atom stereocenters. The quantitative estimate of drug-likeness (QED) is 0.264. The van der Waals surface area contributed by atoms with E-state index in [0.29, 0.717) is 0 Å². The Hall–Kier alpha value is 2.30. The van der Waals surface area contributed by atoms with Crippen molar-refractivity contribution in [3.05, 3.63) is 95.4 Å². The molecule has 0 aromatic carbocycles. The van der Waals surface area contributed by atoms with E-state index in [2.05, 4.69) is 66.6 Å². The zero-order valence-electron chi connectivity index (χ0n) is 25.7. The first-order chi connectivity index (χ1) is 21.1. The molecular formula is C30H30S14. The molecule has 1 aliphatic carbocycles. The Morgan fingerprint density at radius 3 is 0.591 bits per heavy atom. The second-order valence-corrected chi connectivity index (χ2v) is 26.7. The van der Waals surface area contributed by atoms with Crippen LogP contribution in [0.1, 0.15) is 41.5 Å². The van der Waals surface area contributed by atoms with Crippen molar-refractivity contribution in [1.29, 1.82) is 0 Å². The lowest BCUT2D eigenvalue weighted by Gasteiger charge is -2.13. The van der Waals surface area contributed by atoms with Crippen LogP contribution in [0.5, 0.6) is 0 Å². The van der Waals surface area contributed by atoms with Crippen LogP contribution in [0.15, 0.2) is 95.4 Å². The molecule has 1 saturated carbocycles. The first kappa shape index (κ1) is 36.1. The van der Waals surface area contributed by atoms with Crippen molar-refractivity contribution in [1.82, 2.24) is 0 Å². The maximum absolute atomic E-state index is 2.29. The van der Waals surface area contributed by atoms with Crippen LogP contribution in [-0.4, -0.2) is 25.0 Å². The minimum absolute atomic E-state index is 1.43. The Balaban J connectivity index is 1.72. The standard InChI is InChI=1S/C30H30S14/c1-11-12(2)36-22(35-11)17-18(23-37-13(3)14(4)38-23)20(25-41-27(31-7)28(32-8)42-25)21(19(17)24-39-15(5)16(6)40-24)26-43-29(33-9)30(34-10)44-26/h1-10H3. The molecule has 0 spiro atoms. The summed E-state index contributed by atoms with van der Waals surface area (Å²) in [6, 6.07) is 0. The van der Waals surface area contributed by atoms with E-state index in [-0.39, 0.29) is 0 Å². The highest BCUT2D eigenvalue weighted by molar-refractivity contribution is 8.41. The summed E-state index contributed by atoms with van der Waals surface area (Å²) >= 11 is 27.5. The molecule has 0 N–H and O–H groups in total. The van der Waals surface area contributed by atoms with Gasteiger partial charge in [-0.2, -0.15) is 0 Å². The van der Waals surface area contributed by atoms with E-state index in [1.807, 2.05) is 165 Å². The third-order valence-corrected chi connectivity index (χ3v) is 25.4. The highest BCUT2D eigenvalue weighted by Gasteiger charge is 2.45. The molecule has 0 nitrogen and oxygen atoms in total. The van der Waals surface area contributed by atoms with Crippen LogP contribution in [0.3, 0.4) is 0 Å². The van der Waals surface area contributed by atoms with Gasteiger partial charge in [0.25, 0.3) is 0 Å². The van der Waals surface area contributed by atoms with Gasteiger partial charge in [-0.1, -0.05) is 118 Å². The summed E-state index contributed by atoms with van der Waals surface area (Å²) in [5, 5.41) is 0. The van der Waals surface area contributed by atoms with Gasteiger partial charge in [0, 0.05) is 27.9 Å². The summed E-state index contributed by atoms with van der Waals surface area (Å²) in [6.45, 7) is 13.8. The molecule has 0 bridgehead atoms. The molecule has 0 aromatic rings. The summed E-state index contributed by atoms with van der Waals surface area (Å²) in [4.78, 5) is 8.57. The lowest BCUT2D eigenvalue weighted by Crippen LogP contribution is -1.91. The summed E-state index contributed by atoms with van der Waals surface area (Å²) in [7, 11) is 0. The summed E-state index contributed by atoms with van der Waals surface area (Å²) in [5.41, 5.74) is 7.31. The number of rotatable bonds is 4. The Bertz CT molecular complexity index is 1500. The predicted molar refractivity (Wildman–Crippen MR) is 234 cm³/mol. The molecule has 5 aliphatic heterocycles. The number of allylic oxidation sites excluding steroid dienone is 11. The minimum Gasteiger partial charge on any atom is -0.121 e. The van der Waals surface area contributed by atoms with Crippen LogP contribution in [0.25, 0.3) is 0 Å². The largest absolute Gasteiger partial charge is 0.121 e. The SMILES string of the molecule is CSC1=C(SC)SC(=C2C(=C3SC(C)=C(C)S3)C(=C3SC(C)=C(C)S3)C(=C3SC(C)=C(C)S3)C2=C2SC(SC)=C(SC)S2)S1. The zero-order valence-corrected chi connectivity index (χ0v) is 37.1. The second kappa shape index (κ2) is 15.3. The maximum atomic E-state index is 2.29. The molecule has 0 aromatic heterocycles. The van der Waals surface area contributed by atoms with Crippen molar-refractivity contribution in [2.24, 2.45) is 0 Å². The third-order valence-electron chi connectivity index (χ3n) is 7.05. The average Bonchev–Trinajstić information content (AvgIpc) is 3.84. The van der Waals surface area contributed by atoms with Gasteiger partial charge >= 0.3 is 0 Å². The van der Waals surface area contributed by atoms with Crippen molar-refractivity contribution >= 4 is 165 Å². The fourth-order valence-corrected chi connectivity index (χ4v) is 22.6. The van der Waals surface area contributed by atoms with Gasteiger partial charge in [0.1, 0.15) is 0 Å². The van der Waals surface area contributed by atoms with Gasteiger partial charge in [-0.05, 0) is 96.0 Å². The van der Waals surface area contributed by atoms with Crippen LogP contribution < -0.4 is 0 Å². The normalized spacial score (nSPS) is 23.6. The van der Waals surface area contributed by atoms with Gasteiger partial charge in [-0.25, -0.2) is 0 Å². The zero-order chi connectivity index (χ0) is 31.4. The van der Waals surface area contributed by atoms with E-state index in [4.69, 9.17) is 0 Å². The van der Waals surface area contributed by atoms with Gasteiger partial charge in [-0.15, -0.1) is 47.0 Å². The van der Waals surface area contributed by atoms with E-state index in [0.717, 1.165) is 0 Å². The van der Waals surface area contributed by atoms with Crippen LogP contribution in [0, 0.1) is 0 Å². The Labute approximate surface area is 322 Å². The first-order valence-corrected chi connectivity index (χ1v) is 26.3. The molecule has 0 atom stereocenters.